The van der Waals surface area contributed by atoms with Crippen molar-refractivity contribution < 1.29 is 4.74 Å². The molecule has 0 radical (unpaired) electrons. The van der Waals surface area contributed by atoms with E-state index >= 15 is 0 Å². The molecule has 5 aromatic rings. The van der Waals surface area contributed by atoms with Gasteiger partial charge in [-0.15, -0.1) is 5.10 Å². The van der Waals surface area contributed by atoms with Crippen LogP contribution in [0.15, 0.2) is 55.0 Å². The van der Waals surface area contributed by atoms with Crippen LogP contribution in [0.5, 0.6) is 5.75 Å². The van der Waals surface area contributed by atoms with E-state index in [0.29, 0.717) is 30.5 Å². The summed E-state index contributed by atoms with van der Waals surface area (Å²) < 4.78 is 7.74. The summed E-state index contributed by atoms with van der Waals surface area (Å²) in [7, 11) is 1.84. The number of benzene rings is 1. The van der Waals surface area contributed by atoms with Crippen molar-refractivity contribution in [3.8, 4) is 17.6 Å². The third-order valence-corrected chi connectivity index (χ3v) is 5.64. The monoisotopic (exact) mass is 448 g/mol. The first kappa shape index (κ1) is 19.9. The molecule has 166 valence electrons. The van der Waals surface area contributed by atoms with E-state index in [1.165, 1.54) is 0 Å². The predicted octanol–water partition coefficient (Wildman–Crippen LogP) is 3.74. The number of ether oxygens (including phenoxy) is 1. The molecule has 7 rings (SSSR count). The second-order valence-electron chi connectivity index (χ2n) is 7.86. The number of aromatic nitrogens is 6. The van der Waals surface area contributed by atoms with E-state index in [1.54, 1.807) is 18.6 Å². The minimum Gasteiger partial charge on any atom is -0.492 e. The lowest BCUT2D eigenvalue weighted by molar-refractivity contribution is 0.298. The molecule has 0 aliphatic carbocycles. The summed E-state index contributed by atoms with van der Waals surface area (Å²) in [6.07, 6.45) is 6.06. The Kier molecular flexibility index (Phi) is 4.88. The van der Waals surface area contributed by atoms with Crippen molar-refractivity contribution in [3.05, 3.63) is 66.1 Å². The Morgan fingerprint density at radius 1 is 0.971 bits per heavy atom. The van der Waals surface area contributed by atoms with Gasteiger partial charge in [-0.1, -0.05) is 17.1 Å². The molecule has 0 amide bonds. The lowest BCUT2D eigenvalue weighted by Gasteiger charge is -2.10. The molecule has 1 aromatic carbocycles. The van der Waals surface area contributed by atoms with Gasteiger partial charge in [0.1, 0.15) is 28.7 Å². The standard InChI is InChI=1S/C25H20N8O/c1-26-25-20-15-28-24-12-19(20)17(13-29-25)5-3-16-4-7-21-22(11-16)33(32-31-21)9-2-10-34-18-6-8-23(30-24)27-14-18/h4,6-8,11-15H,2,9-10H2,1H3,(H,26,29)(H,27,28,30). The van der Waals surface area contributed by atoms with Gasteiger partial charge in [0.25, 0.3) is 0 Å². The quantitative estimate of drug-likeness (QED) is 0.374. The van der Waals surface area contributed by atoms with Crippen LogP contribution >= 0.6 is 0 Å². The molecule has 6 heterocycles. The van der Waals surface area contributed by atoms with Crippen molar-refractivity contribution in [3.63, 3.8) is 0 Å². The first-order valence-corrected chi connectivity index (χ1v) is 10.9. The Hall–Kier alpha value is -4.71. The van der Waals surface area contributed by atoms with Crippen LogP contribution in [0.1, 0.15) is 17.5 Å². The number of pyridine rings is 3. The number of anilines is 3. The summed E-state index contributed by atoms with van der Waals surface area (Å²) in [6, 6.07) is 11.6. The number of nitrogens with one attached hydrogen (secondary N) is 2. The van der Waals surface area contributed by atoms with E-state index in [2.05, 4.69) is 47.7 Å². The fourth-order valence-corrected chi connectivity index (χ4v) is 3.92. The fraction of sp³-hybridized carbons (Fsp3) is 0.160. The molecule has 0 spiro atoms. The third-order valence-electron chi connectivity index (χ3n) is 5.64. The van der Waals surface area contributed by atoms with Crippen LogP contribution in [0.3, 0.4) is 0 Å². The van der Waals surface area contributed by atoms with Crippen molar-refractivity contribution in [1.82, 2.24) is 29.9 Å². The Bertz CT molecular complexity index is 1580. The van der Waals surface area contributed by atoms with Gasteiger partial charge in [-0.05, 0) is 36.4 Å². The number of rotatable bonds is 1. The Morgan fingerprint density at radius 2 is 1.91 bits per heavy atom. The summed E-state index contributed by atoms with van der Waals surface area (Å²) in [5.74, 6) is 9.37. The molecule has 0 saturated heterocycles. The zero-order valence-electron chi connectivity index (χ0n) is 18.4. The molecule has 0 atom stereocenters. The molecule has 4 aromatic heterocycles. The lowest BCUT2D eigenvalue weighted by atomic mass is 10.1. The van der Waals surface area contributed by atoms with Crippen LogP contribution in [0, 0.1) is 11.8 Å². The SMILES string of the molecule is CNc1ncc2c3cc(ncc13)Nc1ccc(cn1)OCCCn1nnc3ccc(cc31)C#C2. The van der Waals surface area contributed by atoms with Crippen molar-refractivity contribution in [2.75, 3.05) is 24.3 Å². The van der Waals surface area contributed by atoms with Gasteiger partial charge in [0.2, 0.25) is 0 Å². The van der Waals surface area contributed by atoms with Crippen molar-refractivity contribution >= 4 is 39.3 Å². The number of hydrogen-bond acceptors (Lipinski definition) is 8. The van der Waals surface area contributed by atoms with Gasteiger partial charge in [-0.25, -0.2) is 19.6 Å². The molecule has 2 aliphatic heterocycles. The zero-order valence-corrected chi connectivity index (χ0v) is 18.4. The minimum absolute atomic E-state index is 0.545. The van der Waals surface area contributed by atoms with Crippen LogP contribution in [-0.2, 0) is 6.54 Å². The highest BCUT2D eigenvalue weighted by Crippen LogP contribution is 2.27. The maximum atomic E-state index is 5.85. The van der Waals surface area contributed by atoms with Gasteiger partial charge in [0.15, 0.2) is 0 Å². The Morgan fingerprint density at radius 3 is 2.79 bits per heavy atom. The van der Waals surface area contributed by atoms with Crippen molar-refractivity contribution in [2.24, 2.45) is 0 Å². The highest BCUT2D eigenvalue weighted by Gasteiger charge is 2.10. The second-order valence-corrected chi connectivity index (χ2v) is 7.86. The summed E-state index contributed by atoms with van der Waals surface area (Å²) in [5, 5.41) is 16.8. The largest absolute Gasteiger partial charge is 0.492 e. The fourth-order valence-electron chi connectivity index (χ4n) is 3.92. The number of fused-ring (bicyclic) bond motifs is 5. The van der Waals surface area contributed by atoms with Gasteiger partial charge in [0.05, 0.1) is 23.9 Å². The topological polar surface area (TPSA) is 103 Å². The maximum absolute atomic E-state index is 5.85. The highest BCUT2D eigenvalue weighted by molar-refractivity contribution is 5.96. The van der Waals surface area contributed by atoms with Crippen LogP contribution in [-0.4, -0.2) is 43.6 Å². The second kappa shape index (κ2) is 8.33. The lowest BCUT2D eigenvalue weighted by Crippen LogP contribution is -2.06. The molecule has 0 fully saturated rings. The van der Waals surface area contributed by atoms with Crippen molar-refractivity contribution in [2.45, 2.75) is 13.0 Å². The van der Waals surface area contributed by atoms with Gasteiger partial charge in [0, 0.05) is 48.7 Å². The number of hydrogen-bond donors (Lipinski definition) is 2. The van der Waals surface area contributed by atoms with Crippen LogP contribution in [0.25, 0.3) is 21.8 Å². The van der Waals surface area contributed by atoms with E-state index in [4.69, 9.17) is 4.74 Å². The number of nitrogens with zero attached hydrogens (tertiary/aromatic N) is 6. The molecule has 9 nitrogen and oxygen atoms in total. The predicted molar refractivity (Wildman–Crippen MR) is 130 cm³/mol. The van der Waals surface area contributed by atoms with E-state index in [0.717, 1.165) is 45.2 Å². The van der Waals surface area contributed by atoms with E-state index in [-0.39, 0.29) is 0 Å². The Balaban J connectivity index is 1.51. The van der Waals surface area contributed by atoms with E-state index in [9.17, 15) is 0 Å². The van der Waals surface area contributed by atoms with Gasteiger partial charge in [-0.2, -0.15) is 0 Å². The first-order chi connectivity index (χ1) is 16.8. The molecule has 0 unspecified atom stereocenters. The maximum Gasteiger partial charge on any atom is 0.137 e. The van der Waals surface area contributed by atoms with Crippen molar-refractivity contribution in [1.29, 1.82) is 0 Å². The van der Waals surface area contributed by atoms with Crippen LogP contribution < -0.4 is 15.4 Å². The summed E-state index contributed by atoms with van der Waals surface area (Å²) >= 11 is 0. The average Bonchev–Trinajstić information content (AvgIpc) is 3.27. The third kappa shape index (κ3) is 3.71. The molecule has 34 heavy (non-hydrogen) atoms. The Labute approximate surface area is 195 Å². The minimum atomic E-state index is 0.545. The molecule has 6 bridgehead atoms. The highest BCUT2D eigenvalue weighted by atomic mass is 16.5. The summed E-state index contributed by atoms with van der Waals surface area (Å²) in [4.78, 5) is 13.5. The molecule has 2 aliphatic rings. The van der Waals surface area contributed by atoms with E-state index < -0.39 is 0 Å². The number of aryl methyl sites for hydroxylation is 1. The van der Waals surface area contributed by atoms with Gasteiger partial charge in [-0.3, -0.25) is 0 Å². The molecule has 2 N–H and O–H groups in total. The summed E-state index contributed by atoms with van der Waals surface area (Å²) in [5.41, 5.74) is 3.47. The normalized spacial score (nSPS) is 13.0. The first-order valence-electron chi connectivity index (χ1n) is 10.9. The van der Waals surface area contributed by atoms with E-state index in [1.807, 2.05) is 48.1 Å². The zero-order chi connectivity index (χ0) is 22.9. The smallest absolute Gasteiger partial charge is 0.137 e. The van der Waals surface area contributed by atoms with Crippen LogP contribution in [0.4, 0.5) is 17.5 Å². The van der Waals surface area contributed by atoms with Gasteiger partial charge < -0.3 is 15.4 Å². The molecular weight excluding hydrogens is 428 g/mol. The molecule has 0 saturated carbocycles. The van der Waals surface area contributed by atoms with Crippen LogP contribution in [0.2, 0.25) is 0 Å². The molecule has 9 heteroatoms. The summed E-state index contributed by atoms with van der Waals surface area (Å²) in [6.45, 7) is 1.23. The average molecular weight is 448 g/mol. The van der Waals surface area contributed by atoms with Gasteiger partial charge >= 0.3 is 0 Å². The molecular formula is C25H20N8O.